The smallest absolute Gasteiger partial charge is 0.145 e. The zero-order valence-corrected chi connectivity index (χ0v) is 24.9. The lowest BCUT2D eigenvalue weighted by molar-refractivity contribution is 0.668. The molecule has 0 atom stereocenters. The molecule has 45 heavy (non-hydrogen) atoms. The normalized spacial score (nSPS) is 14.8. The number of fused-ring (bicyclic) bond motifs is 5. The summed E-state index contributed by atoms with van der Waals surface area (Å²) in [5.41, 5.74) is 17.2. The highest BCUT2D eigenvalue weighted by Gasteiger charge is 2.21. The molecule has 1 aliphatic heterocycles. The number of nitrogens with two attached hydrogens (primary N) is 1. The zero-order chi connectivity index (χ0) is 30.6. The number of allylic oxidation sites excluding steroid dienone is 6. The third-order valence-corrected chi connectivity index (χ3v) is 8.04. The summed E-state index contributed by atoms with van der Waals surface area (Å²) >= 11 is 0. The van der Waals surface area contributed by atoms with Crippen molar-refractivity contribution < 1.29 is 4.42 Å². The number of nitrogens with one attached hydrogen (secondary N) is 1. The Bertz CT molecular complexity index is 2130. The van der Waals surface area contributed by atoms with Gasteiger partial charge in [0, 0.05) is 51.7 Å². The Morgan fingerprint density at radius 1 is 0.822 bits per heavy atom. The Hall–Kier alpha value is -6.00. The lowest BCUT2D eigenvalue weighted by Gasteiger charge is -2.25. The summed E-state index contributed by atoms with van der Waals surface area (Å²) in [7, 11) is 0. The molecule has 6 aromatic rings. The minimum absolute atomic E-state index is 0.678. The van der Waals surface area contributed by atoms with Gasteiger partial charge < -0.3 is 20.4 Å². The molecule has 0 saturated carbocycles. The number of nitrogens with zero attached hydrogens (tertiary/aromatic N) is 1. The van der Waals surface area contributed by atoms with Crippen molar-refractivity contribution in [1.29, 1.82) is 0 Å². The Morgan fingerprint density at radius 2 is 1.60 bits per heavy atom. The van der Waals surface area contributed by atoms with Crippen LogP contribution < -0.4 is 16.0 Å². The van der Waals surface area contributed by atoms with Crippen molar-refractivity contribution in [3.05, 3.63) is 176 Å². The number of para-hydroxylation sites is 2. The molecular weight excluding hydrogens is 550 g/mol. The van der Waals surface area contributed by atoms with Crippen LogP contribution in [-0.4, -0.2) is 6.54 Å². The highest BCUT2D eigenvalue weighted by molar-refractivity contribution is 6.12. The zero-order valence-electron chi connectivity index (χ0n) is 24.9. The quantitative estimate of drug-likeness (QED) is 0.184. The van der Waals surface area contributed by atoms with Gasteiger partial charge in [0.05, 0.1) is 5.69 Å². The first-order valence-corrected chi connectivity index (χ1v) is 15.1. The van der Waals surface area contributed by atoms with Crippen molar-refractivity contribution in [2.24, 2.45) is 5.73 Å². The van der Waals surface area contributed by atoms with Crippen molar-refractivity contribution in [3.8, 4) is 11.1 Å². The molecule has 0 saturated heterocycles. The van der Waals surface area contributed by atoms with E-state index in [0.717, 1.165) is 55.7 Å². The first-order valence-electron chi connectivity index (χ1n) is 15.1. The summed E-state index contributed by atoms with van der Waals surface area (Å²) in [5, 5.41) is 5.58. The van der Waals surface area contributed by atoms with Gasteiger partial charge in [0.15, 0.2) is 0 Å². The molecule has 0 aliphatic carbocycles. The van der Waals surface area contributed by atoms with Gasteiger partial charge in [-0.15, -0.1) is 0 Å². The van der Waals surface area contributed by atoms with Crippen LogP contribution in [0, 0.1) is 0 Å². The average molecular weight is 584 g/mol. The van der Waals surface area contributed by atoms with Crippen LogP contribution in [0.2, 0.25) is 0 Å². The van der Waals surface area contributed by atoms with E-state index in [9.17, 15) is 0 Å². The summed E-state index contributed by atoms with van der Waals surface area (Å²) in [4.78, 5) is 2.17. The van der Waals surface area contributed by atoms with Crippen LogP contribution in [0.1, 0.15) is 11.1 Å². The van der Waals surface area contributed by atoms with Crippen molar-refractivity contribution >= 4 is 50.3 Å². The van der Waals surface area contributed by atoms with Gasteiger partial charge in [-0.1, -0.05) is 97.6 Å². The first-order chi connectivity index (χ1) is 22.2. The Labute approximate surface area is 263 Å². The van der Waals surface area contributed by atoms with Crippen LogP contribution in [0.25, 0.3) is 44.3 Å². The predicted octanol–water partition coefficient (Wildman–Crippen LogP) is 10.5. The summed E-state index contributed by atoms with van der Waals surface area (Å²) in [6, 6.07) is 39.5. The van der Waals surface area contributed by atoms with Crippen LogP contribution in [0.4, 0.5) is 17.1 Å². The number of anilines is 3. The number of hydrogen-bond donors (Lipinski definition) is 2. The minimum Gasteiger partial charge on any atom is -0.455 e. The van der Waals surface area contributed by atoms with E-state index >= 15 is 0 Å². The summed E-state index contributed by atoms with van der Waals surface area (Å²) in [6.07, 6.45) is 14.1. The van der Waals surface area contributed by atoms with E-state index < -0.39 is 0 Å². The molecular formula is C41H33N3O. The lowest BCUT2D eigenvalue weighted by atomic mass is 9.98. The van der Waals surface area contributed by atoms with Crippen LogP contribution in [0.5, 0.6) is 0 Å². The first kappa shape index (κ1) is 27.8. The molecule has 4 nitrogen and oxygen atoms in total. The van der Waals surface area contributed by atoms with Crippen LogP contribution in [-0.2, 0) is 0 Å². The summed E-state index contributed by atoms with van der Waals surface area (Å²) in [5.74, 6) is 0. The van der Waals surface area contributed by atoms with Crippen LogP contribution in [0.3, 0.4) is 0 Å². The molecule has 7 rings (SSSR count). The van der Waals surface area contributed by atoms with Crippen molar-refractivity contribution in [3.63, 3.8) is 0 Å². The molecule has 2 heterocycles. The second-order valence-electron chi connectivity index (χ2n) is 10.9. The fourth-order valence-corrected chi connectivity index (χ4v) is 5.82. The Balaban J connectivity index is 1.15. The highest BCUT2D eigenvalue weighted by atomic mass is 16.3. The van der Waals surface area contributed by atoms with E-state index in [1.165, 1.54) is 11.1 Å². The fourth-order valence-electron chi connectivity index (χ4n) is 5.82. The van der Waals surface area contributed by atoms with Crippen molar-refractivity contribution in [1.82, 2.24) is 0 Å². The molecule has 218 valence electrons. The Kier molecular flexibility index (Phi) is 7.61. The van der Waals surface area contributed by atoms with Crippen LogP contribution in [0.15, 0.2) is 169 Å². The van der Waals surface area contributed by atoms with E-state index in [0.29, 0.717) is 12.2 Å². The van der Waals surface area contributed by atoms with Crippen molar-refractivity contribution in [2.45, 2.75) is 0 Å². The van der Waals surface area contributed by atoms with Gasteiger partial charge in [-0.2, -0.15) is 0 Å². The second-order valence-corrected chi connectivity index (χ2v) is 10.9. The number of rotatable bonds is 7. The second kappa shape index (κ2) is 12.3. The largest absolute Gasteiger partial charge is 0.455 e. The van der Waals surface area contributed by atoms with Gasteiger partial charge in [-0.05, 0) is 77.4 Å². The lowest BCUT2D eigenvalue weighted by Crippen LogP contribution is -2.11. The molecule has 0 unspecified atom stereocenters. The fraction of sp³-hybridized carbons (Fsp3) is 0.0244. The SMILES string of the molecule is C=C1/C=C\C=C/N(c2ccccc2)c2ccc3c(oc4ccc(/C(N)=C/C=C\CNc5ccccc5-c5ccccc5)cc43)c21. The maximum Gasteiger partial charge on any atom is 0.145 e. The molecule has 0 spiro atoms. The monoisotopic (exact) mass is 583 g/mol. The molecule has 4 heteroatoms. The van der Waals surface area contributed by atoms with E-state index in [-0.39, 0.29) is 0 Å². The molecule has 1 aromatic heterocycles. The highest BCUT2D eigenvalue weighted by Crippen LogP contribution is 2.42. The molecule has 0 amide bonds. The van der Waals surface area contributed by atoms with Gasteiger partial charge in [0.25, 0.3) is 0 Å². The number of hydrogen-bond acceptors (Lipinski definition) is 4. The van der Waals surface area contributed by atoms with Gasteiger partial charge >= 0.3 is 0 Å². The van der Waals surface area contributed by atoms with Gasteiger partial charge in [0.2, 0.25) is 0 Å². The van der Waals surface area contributed by atoms with E-state index in [2.05, 4.69) is 102 Å². The minimum atomic E-state index is 0.678. The topological polar surface area (TPSA) is 54.4 Å². The number of furan rings is 1. The van der Waals surface area contributed by atoms with E-state index in [4.69, 9.17) is 10.2 Å². The van der Waals surface area contributed by atoms with Gasteiger partial charge in [-0.25, -0.2) is 0 Å². The van der Waals surface area contributed by atoms with E-state index in [1.807, 2.05) is 72.8 Å². The molecule has 1 aliphatic rings. The van der Waals surface area contributed by atoms with Gasteiger partial charge in [0.1, 0.15) is 11.2 Å². The summed E-state index contributed by atoms with van der Waals surface area (Å²) < 4.78 is 6.51. The average Bonchev–Trinajstić information content (AvgIpc) is 3.45. The molecule has 0 fully saturated rings. The van der Waals surface area contributed by atoms with Crippen molar-refractivity contribution in [2.75, 3.05) is 16.8 Å². The summed E-state index contributed by atoms with van der Waals surface area (Å²) in [6.45, 7) is 5.07. The Morgan fingerprint density at radius 3 is 2.44 bits per heavy atom. The van der Waals surface area contributed by atoms with Crippen LogP contribution >= 0.6 is 0 Å². The molecule has 0 bridgehead atoms. The maximum atomic E-state index is 6.57. The molecule has 5 aromatic carbocycles. The molecule has 0 radical (unpaired) electrons. The third kappa shape index (κ3) is 5.57. The third-order valence-electron chi connectivity index (χ3n) is 8.04. The van der Waals surface area contributed by atoms with E-state index in [1.54, 1.807) is 0 Å². The predicted molar refractivity (Wildman–Crippen MR) is 191 cm³/mol. The standard InChI is InChI=1S/C41H33N3O/c1-29-14-11-13-27-44(32-17-6-3-7-18-32)38-24-23-34-35-28-31(22-25-39(35)45-41(34)40(29)38)36(42)20-10-12-26-43-37-21-9-8-19-33(37)30-15-4-2-5-16-30/h2-25,27-28,43H,1,26,42H2/b12-10-,14-11-,27-13-,36-20-. The maximum absolute atomic E-state index is 6.57. The molecule has 3 N–H and O–H groups in total. The van der Waals surface area contributed by atoms with Gasteiger partial charge in [-0.3, -0.25) is 0 Å². The number of benzene rings is 5.